The highest BCUT2D eigenvalue weighted by atomic mass is 15.2. The molecule has 2 nitrogen and oxygen atoms in total. The molecule has 2 aromatic carbocycles. The van der Waals surface area contributed by atoms with Crippen LogP contribution in [0.1, 0.15) is 77.6 Å². The molecule has 0 aliphatic carbocycles. The van der Waals surface area contributed by atoms with Crippen molar-refractivity contribution in [3.05, 3.63) is 73.1 Å². The van der Waals surface area contributed by atoms with E-state index in [1.165, 1.54) is 87.7 Å². The minimum Gasteiger partial charge on any atom is -0.230 e. The number of para-hydroxylation sites is 1. The molecule has 0 unspecified atom stereocenters. The van der Waals surface area contributed by atoms with E-state index in [1.807, 2.05) is 0 Å². The second-order valence-electron chi connectivity index (χ2n) is 8.42. The summed E-state index contributed by atoms with van der Waals surface area (Å²) in [4.78, 5) is 0. The minimum absolute atomic E-state index is 1.08. The molecule has 1 heterocycles. The van der Waals surface area contributed by atoms with E-state index in [0.29, 0.717) is 0 Å². The Bertz CT molecular complexity index is 820. The number of imidazole rings is 1. The molecule has 0 aliphatic rings. The van der Waals surface area contributed by atoms with Crippen LogP contribution in [0.3, 0.4) is 0 Å². The maximum Gasteiger partial charge on any atom is 0.294 e. The molecule has 0 saturated heterocycles. The van der Waals surface area contributed by atoms with Gasteiger partial charge in [-0.1, -0.05) is 101 Å². The minimum atomic E-state index is 1.08. The summed E-state index contributed by atoms with van der Waals surface area (Å²) >= 11 is 0. The predicted molar refractivity (Wildman–Crippen MR) is 128 cm³/mol. The molecule has 0 saturated carbocycles. The number of benzene rings is 2. The third-order valence-corrected chi connectivity index (χ3v) is 5.96. The van der Waals surface area contributed by atoms with Crippen LogP contribution in [0, 0.1) is 0 Å². The molecule has 0 bridgehead atoms. The van der Waals surface area contributed by atoms with E-state index >= 15 is 0 Å². The second kappa shape index (κ2) is 13.1. The molecule has 1 aromatic heterocycles. The van der Waals surface area contributed by atoms with Crippen molar-refractivity contribution in [3.8, 4) is 17.1 Å². The molecule has 0 amide bonds. The summed E-state index contributed by atoms with van der Waals surface area (Å²) in [6.45, 7) is 3.37. The Hall–Kier alpha value is -2.35. The smallest absolute Gasteiger partial charge is 0.230 e. The summed E-state index contributed by atoms with van der Waals surface area (Å²) in [5.74, 6) is 1.27. The van der Waals surface area contributed by atoms with Crippen molar-refractivity contribution < 1.29 is 4.57 Å². The van der Waals surface area contributed by atoms with Crippen molar-refractivity contribution in [2.45, 2.75) is 84.1 Å². The SMILES string of the molecule is CCCCCCCCCCCCC[n+]1ccn(-c2ccccc2)c1-c1ccccc1. The number of rotatable bonds is 14. The van der Waals surface area contributed by atoms with Crippen molar-refractivity contribution in [2.24, 2.45) is 0 Å². The zero-order chi connectivity index (χ0) is 20.9. The summed E-state index contributed by atoms with van der Waals surface area (Å²) in [5, 5.41) is 0. The second-order valence-corrected chi connectivity index (χ2v) is 8.42. The van der Waals surface area contributed by atoms with Gasteiger partial charge in [-0.15, -0.1) is 0 Å². The van der Waals surface area contributed by atoms with Crippen molar-refractivity contribution in [1.29, 1.82) is 0 Å². The summed E-state index contributed by atoms with van der Waals surface area (Å²) in [7, 11) is 0. The lowest BCUT2D eigenvalue weighted by atomic mass is 10.1. The fourth-order valence-corrected chi connectivity index (χ4v) is 4.24. The Kier molecular flexibility index (Phi) is 9.72. The summed E-state index contributed by atoms with van der Waals surface area (Å²) in [5.41, 5.74) is 2.49. The van der Waals surface area contributed by atoms with Gasteiger partial charge >= 0.3 is 0 Å². The first kappa shape index (κ1) is 22.3. The van der Waals surface area contributed by atoms with E-state index < -0.39 is 0 Å². The van der Waals surface area contributed by atoms with Gasteiger partial charge in [0.05, 0.1) is 12.1 Å². The first-order valence-electron chi connectivity index (χ1n) is 12.1. The number of nitrogens with zero attached hydrogens (tertiary/aromatic N) is 2. The van der Waals surface area contributed by atoms with Crippen LogP contribution in [0.15, 0.2) is 73.1 Å². The molecule has 2 heteroatoms. The molecule has 0 fully saturated rings. The fourth-order valence-electron chi connectivity index (χ4n) is 4.24. The van der Waals surface area contributed by atoms with Crippen molar-refractivity contribution in [3.63, 3.8) is 0 Å². The first-order valence-corrected chi connectivity index (χ1v) is 12.1. The molecular weight excluding hydrogens is 364 g/mol. The van der Waals surface area contributed by atoms with Crippen LogP contribution in [-0.2, 0) is 6.54 Å². The third-order valence-electron chi connectivity index (χ3n) is 5.96. The lowest BCUT2D eigenvalue weighted by molar-refractivity contribution is -0.685. The molecule has 0 aliphatic heterocycles. The zero-order valence-corrected chi connectivity index (χ0v) is 18.8. The van der Waals surface area contributed by atoms with Gasteiger partial charge < -0.3 is 0 Å². The maximum absolute atomic E-state index is 2.43. The number of hydrogen-bond donors (Lipinski definition) is 0. The average molecular weight is 404 g/mol. The van der Waals surface area contributed by atoms with Crippen molar-refractivity contribution >= 4 is 0 Å². The molecule has 160 valence electrons. The van der Waals surface area contributed by atoms with E-state index in [-0.39, 0.29) is 0 Å². The van der Waals surface area contributed by atoms with Crippen LogP contribution >= 0.6 is 0 Å². The lowest BCUT2D eigenvalue weighted by Crippen LogP contribution is -2.34. The average Bonchev–Trinajstić information content (AvgIpc) is 3.22. The quantitative estimate of drug-likeness (QED) is 0.192. The van der Waals surface area contributed by atoms with Crippen LogP contribution in [0.4, 0.5) is 0 Å². The van der Waals surface area contributed by atoms with Gasteiger partial charge in [0.15, 0.2) is 0 Å². The van der Waals surface area contributed by atoms with Crippen LogP contribution in [-0.4, -0.2) is 4.57 Å². The van der Waals surface area contributed by atoms with Gasteiger partial charge in [-0.05, 0) is 37.1 Å². The van der Waals surface area contributed by atoms with Crippen molar-refractivity contribution in [1.82, 2.24) is 4.57 Å². The Labute approximate surface area is 183 Å². The summed E-state index contributed by atoms with van der Waals surface area (Å²) in [6, 6.07) is 21.4. The Balaban J connectivity index is 1.49. The standard InChI is InChI=1S/C28H39N2/c1-2-3-4-5-6-7-8-9-10-11-18-23-29-24-25-30(27-21-16-13-17-22-27)28(29)26-19-14-12-15-20-26/h12-17,19-22,24-25H,2-11,18,23H2,1H3/q+1. The highest BCUT2D eigenvalue weighted by Gasteiger charge is 2.20. The largest absolute Gasteiger partial charge is 0.294 e. The van der Waals surface area contributed by atoms with Gasteiger partial charge in [-0.25, -0.2) is 4.57 Å². The van der Waals surface area contributed by atoms with Gasteiger partial charge in [0, 0.05) is 0 Å². The highest BCUT2D eigenvalue weighted by Crippen LogP contribution is 2.20. The summed E-state index contributed by atoms with van der Waals surface area (Å²) in [6.07, 6.45) is 19.7. The topological polar surface area (TPSA) is 8.81 Å². The van der Waals surface area contributed by atoms with Crippen molar-refractivity contribution in [2.75, 3.05) is 0 Å². The molecular formula is C28H39N2+. The molecule has 3 aromatic rings. The zero-order valence-electron chi connectivity index (χ0n) is 18.8. The fraction of sp³-hybridized carbons (Fsp3) is 0.464. The van der Waals surface area contributed by atoms with Gasteiger partial charge in [-0.2, -0.15) is 4.57 Å². The number of unbranched alkanes of at least 4 members (excludes halogenated alkanes) is 10. The Morgan fingerprint density at radius 1 is 0.633 bits per heavy atom. The van der Waals surface area contributed by atoms with Crippen LogP contribution in [0.2, 0.25) is 0 Å². The lowest BCUT2D eigenvalue weighted by Gasteiger charge is -2.06. The van der Waals surface area contributed by atoms with E-state index in [9.17, 15) is 0 Å². The number of aryl methyl sites for hydroxylation is 1. The molecule has 30 heavy (non-hydrogen) atoms. The van der Waals surface area contributed by atoms with E-state index in [2.05, 4.69) is 89.1 Å². The summed E-state index contributed by atoms with van der Waals surface area (Å²) < 4.78 is 4.74. The van der Waals surface area contributed by atoms with E-state index in [0.717, 1.165) is 6.54 Å². The van der Waals surface area contributed by atoms with Crippen LogP contribution in [0.5, 0.6) is 0 Å². The predicted octanol–water partition coefficient (Wildman–Crippen LogP) is 7.74. The van der Waals surface area contributed by atoms with E-state index in [1.54, 1.807) is 0 Å². The third kappa shape index (κ3) is 6.86. The Morgan fingerprint density at radius 2 is 1.17 bits per heavy atom. The van der Waals surface area contributed by atoms with Crippen LogP contribution < -0.4 is 4.57 Å². The molecule has 0 spiro atoms. The Morgan fingerprint density at radius 3 is 1.77 bits per heavy atom. The van der Waals surface area contributed by atoms with Crippen LogP contribution in [0.25, 0.3) is 17.1 Å². The van der Waals surface area contributed by atoms with Gasteiger partial charge in [0.1, 0.15) is 18.1 Å². The number of hydrogen-bond acceptors (Lipinski definition) is 0. The molecule has 0 N–H and O–H groups in total. The monoisotopic (exact) mass is 403 g/mol. The molecule has 3 rings (SSSR count). The van der Waals surface area contributed by atoms with Gasteiger partial charge in [0.2, 0.25) is 0 Å². The number of aromatic nitrogens is 2. The molecule has 0 atom stereocenters. The maximum atomic E-state index is 2.43. The van der Waals surface area contributed by atoms with E-state index in [4.69, 9.17) is 0 Å². The van der Waals surface area contributed by atoms with Gasteiger partial charge in [0.25, 0.3) is 5.82 Å². The molecule has 0 radical (unpaired) electrons. The highest BCUT2D eigenvalue weighted by molar-refractivity contribution is 5.55. The first-order chi connectivity index (χ1) is 14.9. The van der Waals surface area contributed by atoms with Gasteiger partial charge in [-0.3, -0.25) is 0 Å². The normalized spacial score (nSPS) is 11.1.